The van der Waals surface area contributed by atoms with Gasteiger partial charge in [0.2, 0.25) is 0 Å². The second kappa shape index (κ2) is 3.94. The Kier molecular flexibility index (Phi) is 3.16. The number of ether oxygens (including phenoxy) is 2. The summed E-state index contributed by atoms with van der Waals surface area (Å²) < 4.78 is 10.7. The van der Waals surface area contributed by atoms with Crippen molar-refractivity contribution >= 4 is 0 Å². The van der Waals surface area contributed by atoms with E-state index in [1.54, 1.807) is 0 Å². The highest BCUT2D eigenvalue weighted by Crippen LogP contribution is 2.14. The van der Waals surface area contributed by atoms with Crippen molar-refractivity contribution in [1.29, 1.82) is 0 Å². The monoisotopic (exact) mass is 142 g/mol. The van der Waals surface area contributed by atoms with Crippen molar-refractivity contribution in [2.45, 2.75) is 26.1 Å². The molecule has 0 aliphatic carbocycles. The molecule has 0 unspecified atom stereocenters. The van der Waals surface area contributed by atoms with Gasteiger partial charge in [-0.25, -0.2) is 0 Å². The van der Waals surface area contributed by atoms with Gasteiger partial charge < -0.3 is 9.47 Å². The topological polar surface area (TPSA) is 18.5 Å². The molecule has 0 spiro atoms. The van der Waals surface area contributed by atoms with E-state index >= 15 is 0 Å². The SMILES string of the molecule is [CH]CC1COC(CC)OC1. The molecule has 0 saturated carbocycles. The van der Waals surface area contributed by atoms with Crippen LogP contribution in [0, 0.1) is 12.8 Å². The minimum Gasteiger partial charge on any atom is -0.352 e. The first kappa shape index (κ1) is 8.02. The summed E-state index contributed by atoms with van der Waals surface area (Å²) >= 11 is 0. The zero-order valence-electron chi connectivity index (χ0n) is 6.38. The average Bonchev–Trinajstić information content (AvgIpc) is 2.05. The van der Waals surface area contributed by atoms with Crippen LogP contribution in [0.3, 0.4) is 0 Å². The average molecular weight is 142 g/mol. The fourth-order valence-corrected chi connectivity index (χ4v) is 0.955. The van der Waals surface area contributed by atoms with E-state index < -0.39 is 0 Å². The molecule has 2 radical (unpaired) electrons. The molecule has 1 fully saturated rings. The van der Waals surface area contributed by atoms with E-state index in [9.17, 15) is 0 Å². The molecule has 0 N–H and O–H groups in total. The molecule has 1 aliphatic rings. The van der Waals surface area contributed by atoms with Crippen molar-refractivity contribution in [3.05, 3.63) is 6.92 Å². The van der Waals surface area contributed by atoms with E-state index in [0.717, 1.165) is 19.6 Å². The van der Waals surface area contributed by atoms with Gasteiger partial charge in [0.15, 0.2) is 6.29 Å². The van der Waals surface area contributed by atoms with Crippen molar-refractivity contribution in [3.63, 3.8) is 0 Å². The van der Waals surface area contributed by atoms with Crippen LogP contribution in [0.15, 0.2) is 0 Å². The fraction of sp³-hybridized carbons (Fsp3) is 0.875. The fourth-order valence-electron chi connectivity index (χ4n) is 0.955. The molecular formula is C8H14O2. The maximum Gasteiger partial charge on any atom is 0.157 e. The van der Waals surface area contributed by atoms with Crippen LogP contribution >= 0.6 is 0 Å². The zero-order chi connectivity index (χ0) is 7.40. The largest absolute Gasteiger partial charge is 0.352 e. The minimum absolute atomic E-state index is 0.0165. The quantitative estimate of drug-likeness (QED) is 0.581. The van der Waals surface area contributed by atoms with Gasteiger partial charge in [-0.3, -0.25) is 0 Å². The normalized spacial score (nSPS) is 34.2. The molecule has 0 aromatic rings. The van der Waals surface area contributed by atoms with Crippen LogP contribution in [0.2, 0.25) is 0 Å². The van der Waals surface area contributed by atoms with Crippen molar-refractivity contribution in [2.24, 2.45) is 5.92 Å². The Morgan fingerprint density at radius 2 is 2.00 bits per heavy atom. The van der Waals surface area contributed by atoms with Gasteiger partial charge in [-0.05, 0) is 19.8 Å². The summed E-state index contributed by atoms with van der Waals surface area (Å²) in [6.45, 7) is 9.00. The first-order valence-corrected chi connectivity index (χ1v) is 3.80. The van der Waals surface area contributed by atoms with Gasteiger partial charge in [-0.1, -0.05) is 6.92 Å². The summed E-state index contributed by atoms with van der Waals surface area (Å²) in [6.07, 6.45) is 1.61. The lowest BCUT2D eigenvalue weighted by molar-refractivity contribution is -0.200. The molecule has 1 heterocycles. The number of rotatable bonds is 2. The molecule has 0 atom stereocenters. The van der Waals surface area contributed by atoms with Gasteiger partial charge in [-0.15, -0.1) is 0 Å². The van der Waals surface area contributed by atoms with Crippen LogP contribution in [-0.4, -0.2) is 19.5 Å². The molecular weight excluding hydrogens is 128 g/mol. The predicted molar refractivity (Wildman–Crippen MR) is 38.4 cm³/mol. The van der Waals surface area contributed by atoms with Gasteiger partial charge in [0.05, 0.1) is 13.2 Å². The maximum absolute atomic E-state index is 5.43. The first-order chi connectivity index (χ1) is 4.86. The van der Waals surface area contributed by atoms with Crippen LogP contribution in [0.25, 0.3) is 0 Å². The lowest BCUT2D eigenvalue weighted by Crippen LogP contribution is -2.31. The molecule has 0 aromatic heterocycles. The third-order valence-corrected chi connectivity index (χ3v) is 1.70. The molecule has 0 amide bonds. The van der Waals surface area contributed by atoms with Gasteiger partial charge >= 0.3 is 0 Å². The molecule has 2 nitrogen and oxygen atoms in total. The molecule has 58 valence electrons. The third kappa shape index (κ3) is 1.96. The van der Waals surface area contributed by atoms with E-state index in [4.69, 9.17) is 16.4 Å². The van der Waals surface area contributed by atoms with E-state index in [-0.39, 0.29) is 6.29 Å². The summed E-state index contributed by atoms with van der Waals surface area (Å²) in [6, 6.07) is 0. The van der Waals surface area contributed by atoms with Gasteiger partial charge in [0.25, 0.3) is 0 Å². The smallest absolute Gasteiger partial charge is 0.157 e. The highest BCUT2D eigenvalue weighted by Gasteiger charge is 2.18. The molecule has 1 saturated heterocycles. The molecule has 10 heavy (non-hydrogen) atoms. The van der Waals surface area contributed by atoms with Crippen LogP contribution in [-0.2, 0) is 9.47 Å². The van der Waals surface area contributed by atoms with Gasteiger partial charge in [0.1, 0.15) is 0 Å². The highest BCUT2D eigenvalue weighted by molar-refractivity contribution is 4.63. The lowest BCUT2D eigenvalue weighted by Gasteiger charge is -2.27. The summed E-state index contributed by atoms with van der Waals surface area (Å²) in [7, 11) is 0. The first-order valence-electron chi connectivity index (χ1n) is 3.80. The maximum atomic E-state index is 5.43. The van der Waals surface area contributed by atoms with E-state index in [0.29, 0.717) is 12.3 Å². The highest BCUT2D eigenvalue weighted by atomic mass is 16.7. The Morgan fingerprint density at radius 1 is 1.40 bits per heavy atom. The van der Waals surface area contributed by atoms with E-state index in [2.05, 4.69) is 0 Å². The Labute approximate surface area is 62.5 Å². The Balaban J connectivity index is 2.17. The summed E-state index contributed by atoms with van der Waals surface area (Å²) in [4.78, 5) is 0. The molecule has 1 aliphatic heterocycles. The Morgan fingerprint density at radius 3 is 2.40 bits per heavy atom. The van der Waals surface area contributed by atoms with Crippen molar-refractivity contribution in [3.8, 4) is 0 Å². The second-order valence-corrected chi connectivity index (χ2v) is 2.61. The molecule has 0 bridgehead atoms. The third-order valence-electron chi connectivity index (χ3n) is 1.70. The van der Waals surface area contributed by atoms with Crippen molar-refractivity contribution < 1.29 is 9.47 Å². The minimum atomic E-state index is 0.0165. The summed E-state index contributed by atoms with van der Waals surface area (Å²) in [5.74, 6) is 0.405. The van der Waals surface area contributed by atoms with Crippen molar-refractivity contribution in [1.82, 2.24) is 0 Å². The summed E-state index contributed by atoms with van der Waals surface area (Å²) in [5.41, 5.74) is 0. The Hall–Kier alpha value is -0.0800. The van der Waals surface area contributed by atoms with E-state index in [1.165, 1.54) is 0 Å². The van der Waals surface area contributed by atoms with Crippen molar-refractivity contribution in [2.75, 3.05) is 13.2 Å². The predicted octanol–water partition coefficient (Wildman–Crippen LogP) is 1.49. The number of hydrogen-bond acceptors (Lipinski definition) is 2. The van der Waals surface area contributed by atoms with E-state index in [1.807, 2.05) is 6.92 Å². The Bertz CT molecular complexity index is 73.3. The van der Waals surface area contributed by atoms with Crippen LogP contribution in [0.4, 0.5) is 0 Å². The standard InChI is InChI=1S/C8H14O2/c1-3-7-5-9-8(4-2)10-6-7/h1,7-8H,3-6H2,2H3. The number of hydrogen-bond donors (Lipinski definition) is 0. The molecule has 1 rings (SSSR count). The second-order valence-electron chi connectivity index (χ2n) is 2.61. The zero-order valence-corrected chi connectivity index (χ0v) is 6.38. The molecule has 0 aromatic carbocycles. The van der Waals surface area contributed by atoms with Crippen LogP contribution in [0.5, 0.6) is 0 Å². The van der Waals surface area contributed by atoms with Gasteiger partial charge in [-0.2, -0.15) is 0 Å². The van der Waals surface area contributed by atoms with Crippen LogP contribution in [0.1, 0.15) is 19.8 Å². The molecule has 2 heteroatoms. The van der Waals surface area contributed by atoms with Gasteiger partial charge in [0, 0.05) is 5.92 Å². The summed E-state index contributed by atoms with van der Waals surface area (Å²) in [5, 5.41) is 0. The van der Waals surface area contributed by atoms with Crippen LogP contribution < -0.4 is 0 Å². The lowest BCUT2D eigenvalue weighted by atomic mass is 10.1.